The molecule has 4 aliphatic carbocycles. The lowest BCUT2D eigenvalue weighted by molar-refractivity contribution is -0.262. The molecule has 1 saturated heterocycles. The van der Waals surface area contributed by atoms with Crippen molar-refractivity contribution in [3.8, 4) is 17.6 Å². The molecule has 43 heavy (non-hydrogen) atoms. The number of nitrogens with one attached hydrogen (secondary N) is 1. The van der Waals surface area contributed by atoms with Crippen LogP contribution in [0.15, 0.2) is 18.2 Å². The van der Waals surface area contributed by atoms with Crippen molar-refractivity contribution in [2.24, 2.45) is 17.8 Å². The lowest BCUT2D eigenvalue weighted by Gasteiger charge is -2.57. The van der Waals surface area contributed by atoms with Crippen LogP contribution in [0.5, 0.6) is 5.75 Å². The molecule has 6 nitrogen and oxygen atoms in total. The lowest BCUT2D eigenvalue weighted by Crippen LogP contribution is -2.60. The number of hydrogen-bond donors (Lipinski definition) is 1. The molecule has 238 valence electrons. The summed E-state index contributed by atoms with van der Waals surface area (Å²) in [5.74, 6) is 9.60. The molecule has 1 heterocycles. The second kappa shape index (κ2) is 13.0. The number of unbranched alkanes of at least 4 members (excludes halogenated alkanes) is 5. The SMILES string of the molecule is CCCCCCCCOc1ccc(C#CC2(NC(=O)OC(C)(C)C)COC(C)(C)OC2)cc1C12CC3CC(CC(C3)C1)C2. The summed E-state index contributed by atoms with van der Waals surface area (Å²) in [4.78, 5) is 12.8. The Labute approximate surface area is 260 Å². The van der Waals surface area contributed by atoms with Crippen molar-refractivity contribution in [2.45, 2.75) is 141 Å². The van der Waals surface area contributed by atoms with E-state index in [0.717, 1.165) is 42.1 Å². The fourth-order valence-corrected chi connectivity index (χ4v) is 8.20. The molecule has 4 saturated carbocycles. The van der Waals surface area contributed by atoms with Gasteiger partial charge < -0.3 is 24.3 Å². The highest BCUT2D eigenvalue weighted by Crippen LogP contribution is 2.62. The van der Waals surface area contributed by atoms with E-state index < -0.39 is 23.0 Å². The maximum absolute atomic E-state index is 12.8. The minimum absolute atomic E-state index is 0.191. The van der Waals surface area contributed by atoms with Gasteiger partial charge in [0.05, 0.1) is 19.8 Å². The van der Waals surface area contributed by atoms with Crippen LogP contribution in [0.1, 0.15) is 130 Å². The van der Waals surface area contributed by atoms with Gasteiger partial charge in [0.25, 0.3) is 0 Å². The van der Waals surface area contributed by atoms with E-state index in [2.05, 4.69) is 42.3 Å². The minimum atomic E-state index is -1.01. The van der Waals surface area contributed by atoms with E-state index in [1.807, 2.05) is 34.6 Å². The summed E-state index contributed by atoms with van der Waals surface area (Å²) >= 11 is 0. The predicted molar refractivity (Wildman–Crippen MR) is 170 cm³/mol. The van der Waals surface area contributed by atoms with Gasteiger partial charge in [0.15, 0.2) is 11.3 Å². The highest BCUT2D eigenvalue weighted by molar-refractivity contribution is 5.70. The van der Waals surface area contributed by atoms with Gasteiger partial charge in [0, 0.05) is 11.1 Å². The van der Waals surface area contributed by atoms with E-state index in [0.29, 0.717) is 0 Å². The fraction of sp³-hybridized carbons (Fsp3) is 0.757. The summed E-state index contributed by atoms with van der Waals surface area (Å²) in [6.07, 6.45) is 15.0. The zero-order valence-corrected chi connectivity index (χ0v) is 27.6. The van der Waals surface area contributed by atoms with Crippen molar-refractivity contribution in [2.75, 3.05) is 19.8 Å². The molecule has 1 aromatic carbocycles. The Hall–Kier alpha value is -2.23. The number of hydrogen-bond acceptors (Lipinski definition) is 5. The molecule has 0 aromatic heterocycles. The van der Waals surface area contributed by atoms with Crippen LogP contribution in [-0.2, 0) is 19.6 Å². The van der Waals surface area contributed by atoms with Gasteiger partial charge in [0.2, 0.25) is 0 Å². The van der Waals surface area contributed by atoms with Crippen LogP contribution in [0.3, 0.4) is 0 Å². The van der Waals surface area contributed by atoms with E-state index in [1.165, 1.54) is 76.2 Å². The Kier molecular flexibility index (Phi) is 9.74. The molecule has 6 rings (SSSR count). The maximum atomic E-state index is 12.8. The van der Waals surface area contributed by atoms with Gasteiger partial charge in [-0.3, -0.25) is 0 Å². The van der Waals surface area contributed by atoms with Crippen LogP contribution in [0.25, 0.3) is 0 Å². The molecule has 0 atom stereocenters. The fourth-order valence-electron chi connectivity index (χ4n) is 8.20. The molecule has 1 aromatic rings. The maximum Gasteiger partial charge on any atom is 0.409 e. The van der Waals surface area contributed by atoms with Crippen LogP contribution in [0.4, 0.5) is 4.79 Å². The number of alkyl carbamates (subject to hydrolysis) is 1. The van der Waals surface area contributed by atoms with Gasteiger partial charge in [0.1, 0.15) is 11.4 Å². The van der Waals surface area contributed by atoms with Gasteiger partial charge in [-0.05, 0) is 121 Å². The van der Waals surface area contributed by atoms with Gasteiger partial charge in [-0.1, -0.05) is 50.9 Å². The number of benzene rings is 1. The van der Waals surface area contributed by atoms with Crippen LogP contribution < -0.4 is 10.1 Å². The zero-order valence-electron chi connectivity index (χ0n) is 27.6. The first kappa shape index (κ1) is 32.2. The van der Waals surface area contributed by atoms with Crippen LogP contribution in [0, 0.1) is 29.6 Å². The van der Waals surface area contributed by atoms with Crippen LogP contribution >= 0.6 is 0 Å². The predicted octanol–water partition coefficient (Wildman–Crippen LogP) is 8.29. The molecule has 0 radical (unpaired) electrons. The standard InChI is InChI=1S/C37H55NO5/c1-7-8-9-10-11-12-17-40-32-14-13-27(21-31(32)36-22-28-18-29(23-36)20-30(19-28)24-36)15-16-37(25-41-35(5,6)42-26-37)38-33(39)43-34(2,3)4/h13-14,21,28-30H,7-12,17-20,22-26H2,1-6H3,(H,38,39). The number of ether oxygens (including phenoxy) is 4. The molecule has 1 aliphatic heterocycles. The Bertz CT molecular complexity index is 1140. The molecule has 5 fully saturated rings. The summed E-state index contributed by atoms with van der Waals surface area (Å²) < 4.78 is 24.1. The molecular formula is C37H55NO5. The van der Waals surface area contributed by atoms with E-state index in [4.69, 9.17) is 18.9 Å². The normalized spacial score (nSPS) is 28.6. The highest BCUT2D eigenvalue weighted by Gasteiger charge is 2.52. The molecule has 0 unspecified atom stereocenters. The van der Waals surface area contributed by atoms with Gasteiger partial charge in [-0.25, -0.2) is 4.79 Å². The van der Waals surface area contributed by atoms with Crippen LogP contribution in [-0.4, -0.2) is 42.8 Å². The van der Waals surface area contributed by atoms with E-state index in [-0.39, 0.29) is 18.6 Å². The Morgan fingerprint density at radius 3 is 2.16 bits per heavy atom. The second-order valence-electron chi connectivity index (χ2n) is 15.5. The van der Waals surface area contributed by atoms with Gasteiger partial charge in [-0.2, -0.15) is 0 Å². The van der Waals surface area contributed by atoms with E-state index >= 15 is 0 Å². The first-order valence-corrected chi connectivity index (χ1v) is 17.0. The van der Waals surface area contributed by atoms with Gasteiger partial charge in [-0.15, -0.1) is 0 Å². The summed E-state index contributed by atoms with van der Waals surface area (Å²) in [5, 5.41) is 2.97. The topological polar surface area (TPSA) is 66.0 Å². The zero-order chi connectivity index (χ0) is 30.7. The summed E-state index contributed by atoms with van der Waals surface area (Å²) in [7, 11) is 0. The third-order valence-corrected chi connectivity index (χ3v) is 9.86. The van der Waals surface area contributed by atoms with Crippen molar-refractivity contribution >= 4 is 6.09 Å². The van der Waals surface area contributed by atoms with E-state index in [1.54, 1.807) is 0 Å². The largest absolute Gasteiger partial charge is 0.493 e. The van der Waals surface area contributed by atoms with Crippen molar-refractivity contribution in [1.82, 2.24) is 5.32 Å². The number of amides is 1. The first-order chi connectivity index (χ1) is 20.4. The third-order valence-electron chi connectivity index (χ3n) is 9.86. The van der Waals surface area contributed by atoms with Crippen molar-refractivity contribution in [3.05, 3.63) is 29.3 Å². The highest BCUT2D eigenvalue weighted by atomic mass is 16.7. The third kappa shape index (κ3) is 8.28. The van der Waals surface area contributed by atoms with Crippen LogP contribution in [0.2, 0.25) is 0 Å². The quantitative estimate of drug-likeness (QED) is 0.218. The Balaban J connectivity index is 1.39. The molecule has 1 N–H and O–H groups in total. The lowest BCUT2D eigenvalue weighted by atomic mass is 9.48. The Morgan fingerprint density at radius 1 is 0.953 bits per heavy atom. The molecular weight excluding hydrogens is 538 g/mol. The van der Waals surface area contributed by atoms with E-state index in [9.17, 15) is 4.79 Å². The average Bonchev–Trinajstić information content (AvgIpc) is 2.92. The van der Waals surface area contributed by atoms with Gasteiger partial charge >= 0.3 is 6.09 Å². The molecule has 6 heteroatoms. The van der Waals surface area contributed by atoms with Crippen molar-refractivity contribution < 1.29 is 23.7 Å². The number of carbonyl (C=O) groups excluding carboxylic acids is 1. The number of carbonyl (C=O) groups is 1. The summed E-state index contributed by atoms with van der Waals surface area (Å²) in [6, 6.07) is 6.52. The first-order valence-electron chi connectivity index (χ1n) is 17.0. The molecule has 4 bridgehead atoms. The summed E-state index contributed by atoms with van der Waals surface area (Å²) in [5.41, 5.74) is 0.859. The second-order valence-corrected chi connectivity index (χ2v) is 15.5. The number of rotatable bonds is 10. The summed E-state index contributed by atoms with van der Waals surface area (Å²) in [6.45, 7) is 12.8. The molecule has 0 spiro atoms. The smallest absolute Gasteiger partial charge is 0.409 e. The average molecular weight is 594 g/mol. The minimum Gasteiger partial charge on any atom is -0.493 e. The van der Waals surface area contributed by atoms with Crippen molar-refractivity contribution in [1.29, 1.82) is 0 Å². The molecule has 1 amide bonds. The molecule has 5 aliphatic rings. The Morgan fingerprint density at radius 2 is 1.56 bits per heavy atom. The monoisotopic (exact) mass is 593 g/mol. The van der Waals surface area contributed by atoms with Crippen molar-refractivity contribution in [3.63, 3.8) is 0 Å².